The predicted octanol–water partition coefficient (Wildman–Crippen LogP) is -0.366. The first-order valence-corrected chi connectivity index (χ1v) is 3.10. The molecule has 0 saturated heterocycles. The quantitative estimate of drug-likeness (QED) is 0.566. The van der Waals surface area contributed by atoms with E-state index in [1.165, 1.54) is 0 Å². The van der Waals surface area contributed by atoms with Crippen LogP contribution in [0.1, 0.15) is 12.8 Å². The Hall–Kier alpha value is -0.967. The standard InChI is InChI=1S/C6H8O6.Zn/c7-4(8)1-3(6(11)12)2-5(9)10;/h3H,1-2H2,(H,7,8)(H,9,10)(H,11,12);. The average Bonchev–Trinajstić information content (AvgIpc) is 1.83. The largest absolute Gasteiger partial charge is 0.481 e. The van der Waals surface area contributed by atoms with E-state index in [0.29, 0.717) is 0 Å². The van der Waals surface area contributed by atoms with Crippen LogP contribution in [0.5, 0.6) is 0 Å². The second-order valence-electron chi connectivity index (χ2n) is 2.23. The van der Waals surface area contributed by atoms with Crippen LogP contribution in [0.2, 0.25) is 0 Å². The van der Waals surface area contributed by atoms with Crippen LogP contribution in [0, 0.1) is 5.92 Å². The summed E-state index contributed by atoms with van der Waals surface area (Å²) < 4.78 is 0. The second kappa shape index (κ2) is 6.54. The first-order valence-electron chi connectivity index (χ1n) is 3.10. The maximum Gasteiger partial charge on any atom is 0.307 e. The van der Waals surface area contributed by atoms with Gasteiger partial charge in [-0.2, -0.15) is 0 Å². The van der Waals surface area contributed by atoms with Crippen LogP contribution in [0.25, 0.3) is 0 Å². The molecule has 0 aromatic heterocycles. The van der Waals surface area contributed by atoms with Crippen molar-refractivity contribution in [3.05, 3.63) is 0 Å². The fraction of sp³-hybridized carbons (Fsp3) is 0.500. The van der Waals surface area contributed by atoms with Gasteiger partial charge in [-0.1, -0.05) is 0 Å². The van der Waals surface area contributed by atoms with Crippen LogP contribution in [-0.4, -0.2) is 33.2 Å². The molecular formula is C6H8O6Zn. The molecule has 0 amide bonds. The number of rotatable bonds is 5. The summed E-state index contributed by atoms with van der Waals surface area (Å²) in [5, 5.41) is 24.7. The third-order valence-corrected chi connectivity index (χ3v) is 1.19. The fourth-order valence-corrected chi connectivity index (χ4v) is 0.668. The van der Waals surface area contributed by atoms with E-state index in [0.717, 1.165) is 0 Å². The topological polar surface area (TPSA) is 112 Å². The molecule has 0 aliphatic carbocycles. The fourth-order valence-electron chi connectivity index (χ4n) is 0.668. The number of hydrogen-bond donors (Lipinski definition) is 3. The number of carbonyl (C=O) groups is 3. The molecule has 0 rings (SSSR count). The normalized spacial score (nSPS) is 9.00. The van der Waals surface area contributed by atoms with Gasteiger partial charge >= 0.3 is 17.9 Å². The van der Waals surface area contributed by atoms with Crippen molar-refractivity contribution in [1.82, 2.24) is 0 Å². The third kappa shape index (κ3) is 7.40. The molecule has 0 heterocycles. The van der Waals surface area contributed by atoms with Gasteiger partial charge in [0.05, 0.1) is 18.8 Å². The van der Waals surface area contributed by atoms with Crippen LogP contribution in [0.4, 0.5) is 0 Å². The molecule has 0 atom stereocenters. The summed E-state index contributed by atoms with van der Waals surface area (Å²) in [6.07, 6.45) is -1.33. The predicted molar refractivity (Wildman–Crippen MR) is 35.6 cm³/mol. The van der Waals surface area contributed by atoms with Crippen molar-refractivity contribution in [3.8, 4) is 0 Å². The summed E-state index contributed by atoms with van der Waals surface area (Å²) in [4.78, 5) is 30.3. The van der Waals surface area contributed by atoms with Crippen molar-refractivity contribution in [3.63, 3.8) is 0 Å². The molecule has 0 radical (unpaired) electrons. The Bertz CT molecular complexity index is 197. The first kappa shape index (κ1) is 14.6. The zero-order chi connectivity index (χ0) is 9.72. The zero-order valence-electron chi connectivity index (χ0n) is 6.77. The van der Waals surface area contributed by atoms with Gasteiger partial charge in [0.25, 0.3) is 0 Å². The maximum absolute atomic E-state index is 10.2. The second-order valence-corrected chi connectivity index (χ2v) is 2.23. The number of aliphatic carboxylic acids is 3. The molecule has 0 aliphatic rings. The molecule has 0 aromatic rings. The molecule has 0 unspecified atom stereocenters. The zero-order valence-corrected chi connectivity index (χ0v) is 9.73. The summed E-state index contributed by atoms with van der Waals surface area (Å²) in [6, 6.07) is 0. The smallest absolute Gasteiger partial charge is 0.307 e. The Morgan fingerprint density at radius 2 is 1.23 bits per heavy atom. The SMILES string of the molecule is O=C(O)CC(CC(=O)O)C(=O)O.[Zn]. The summed E-state index contributed by atoms with van der Waals surface area (Å²) in [5.74, 6) is -5.38. The van der Waals surface area contributed by atoms with Crippen molar-refractivity contribution < 1.29 is 49.2 Å². The van der Waals surface area contributed by atoms with Gasteiger partial charge < -0.3 is 15.3 Å². The van der Waals surface area contributed by atoms with Crippen LogP contribution < -0.4 is 0 Å². The Labute approximate surface area is 86.3 Å². The Morgan fingerprint density at radius 1 is 0.923 bits per heavy atom. The molecule has 0 aromatic carbocycles. The van der Waals surface area contributed by atoms with Crippen molar-refractivity contribution in [2.75, 3.05) is 0 Å². The molecule has 0 bridgehead atoms. The van der Waals surface area contributed by atoms with Crippen molar-refractivity contribution in [2.24, 2.45) is 5.92 Å². The molecule has 0 fully saturated rings. The number of carboxylic acid groups (broad SMARTS) is 3. The summed E-state index contributed by atoms with van der Waals surface area (Å²) in [7, 11) is 0. The van der Waals surface area contributed by atoms with Gasteiger partial charge in [-0.05, 0) is 0 Å². The van der Waals surface area contributed by atoms with Gasteiger partial charge in [0.15, 0.2) is 0 Å². The van der Waals surface area contributed by atoms with E-state index in [4.69, 9.17) is 15.3 Å². The molecule has 7 heteroatoms. The minimum Gasteiger partial charge on any atom is -0.481 e. The minimum atomic E-state index is -1.40. The van der Waals surface area contributed by atoms with Crippen molar-refractivity contribution in [1.29, 1.82) is 0 Å². The van der Waals surface area contributed by atoms with Gasteiger partial charge in [0.2, 0.25) is 0 Å². The summed E-state index contributed by atoms with van der Waals surface area (Å²) in [6.45, 7) is 0. The molecule has 0 saturated carbocycles. The van der Waals surface area contributed by atoms with Crippen LogP contribution in [0.15, 0.2) is 0 Å². The Morgan fingerprint density at radius 3 is 1.38 bits per heavy atom. The van der Waals surface area contributed by atoms with E-state index in [1.807, 2.05) is 0 Å². The molecule has 3 N–H and O–H groups in total. The number of hydrogen-bond acceptors (Lipinski definition) is 3. The molecule has 70 valence electrons. The van der Waals surface area contributed by atoms with Crippen molar-refractivity contribution >= 4 is 17.9 Å². The molecule has 0 aliphatic heterocycles. The van der Waals surface area contributed by atoms with E-state index >= 15 is 0 Å². The van der Waals surface area contributed by atoms with E-state index in [9.17, 15) is 14.4 Å². The van der Waals surface area contributed by atoms with Gasteiger partial charge in [-0.25, -0.2) is 0 Å². The Balaban J connectivity index is 0. The number of carboxylic acids is 3. The molecule has 0 spiro atoms. The first-order chi connectivity index (χ1) is 5.43. The van der Waals surface area contributed by atoms with Crippen LogP contribution in [0.3, 0.4) is 0 Å². The van der Waals surface area contributed by atoms with E-state index in [1.54, 1.807) is 0 Å². The van der Waals surface area contributed by atoms with Gasteiger partial charge in [-0.15, -0.1) is 0 Å². The van der Waals surface area contributed by atoms with Crippen LogP contribution in [-0.2, 0) is 33.9 Å². The molecule has 6 nitrogen and oxygen atoms in total. The van der Waals surface area contributed by atoms with Gasteiger partial charge in [-0.3, -0.25) is 14.4 Å². The summed E-state index contributed by atoms with van der Waals surface area (Å²) in [5.41, 5.74) is 0. The van der Waals surface area contributed by atoms with E-state index in [2.05, 4.69) is 0 Å². The Kier molecular flexibility index (Phi) is 7.32. The molecular weight excluding hydrogens is 233 g/mol. The third-order valence-electron chi connectivity index (χ3n) is 1.19. The van der Waals surface area contributed by atoms with Crippen molar-refractivity contribution in [2.45, 2.75) is 12.8 Å². The van der Waals surface area contributed by atoms with Gasteiger partial charge in [0.1, 0.15) is 0 Å². The molecule has 13 heavy (non-hydrogen) atoms. The minimum absolute atomic E-state index is 0. The van der Waals surface area contributed by atoms with E-state index in [-0.39, 0.29) is 19.5 Å². The van der Waals surface area contributed by atoms with Crippen LogP contribution >= 0.6 is 0 Å². The summed E-state index contributed by atoms with van der Waals surface area (Å²) >= 11 is 0. The maximum atomic E-state index is 10.2. The van der Waals surface area contributed by atoms with E-state index < -0.39 is 36.7 Å². The average molecular weight is 242 g/mol. The van der Waals surface area contributed by atoms with Gasteiger partial charge in [0, 0.05) is 19.5 Å². The monoisotopic (exact) mass is 240 g/mol.